The number of rotatable bonds is 7. The predicted octanol–water partition coefficient (Wildman–Crippen LogP) is 4.31. The minimum absolute atomic E-state index is 0.230. The number of carbonyl (C=O) groups excluding carboxylic acids is 1. The van der Waals surface area contributed by atoms with Gasteiger partial charge in [0.05, 0.1) is 23.1 Å². The van der Waals surface area contributed by atoms with Gasteiger partial charge in [0.15, 0.2) is 5.82 Å². The number of fused-ring (bicyclic) bond motifs is 1. The third-order valence-corrected chi connectivity index (χ3v) is 5.21. The number of imidazole rings is 1. The van der Waals surface area contributed by atoms with Gasteiger partial charge in [-0.3, -0.25) is 4.79 Å². The first-order chi connectivity index (χ1) is 16.2. The number of nitrogens with one attached hydrogen (secondary N) is 1. The van der Waals surface area contributed by atoms with Crippen LogP contribution in [-0.4, -0.2) is 30.1 Å². The Kier molecular flexibility index (Phi) is 5.55. The Balaban J connectivity index is 1.29. The van der Waals surface area contributed by atoms with Gasteiger partial charge < -0.3 is 14.5 Å². The SMILES string of the molecule is CCc1c(C(=O)Nc2cccc(OCc3cn4ccccc4n3)c2)cnn1-c1ccccn1. The summed E-state index contributed by atoms with van der Waals surface area (Å²) in [5.41, 5.74) is 3.64. The first-order valence-corrected chi connectivity index (χ1v) is 10.7. The van der Waals surface area contributed by atoms with Crippen LogP contribution >= 0.6 is 0 Å². The maximum absolute atomic E-state index is 13.0. The Morgan fingerprint density at radius 3 is 2.82 bits per heavy atom. The molecule has 4 heterocycles. The van der Waals surface area contributed by atoms with Crippen LogP contribution in [-0.2, 0) is 13.0 Å². The van der Waals surface area contributed by atoms with Crippen molar-refractivity contribution in [3.8, 4) is 11.6 Å². The summed E-state index contributed by atoms with van der Waals surface area (Å²) in [4.78, 5) is 21.9. The van der Waals surface area contributed by atoms with Crippen molar-refractivity contribution in [3.05, 3.63) is 102 Å². The van der Waals surface area contributed by atoms with E-state index in [0.29, 0.717) is 35.8 Å². The van der Waals surface area contributed by atoms with Crippen LogP contribution in [0.2, 0.25) is 0 Å². The fourth-order valence-electron chi connectivity index (χ4n) is 3.66. The number of hydrogen-bond acceptors (Lipinski definition) is 5. The van der Waals surface area contributed by atoms with E-state index in [2.05, 4.69) is 20.4 Å². The van der Waals surface area contributed by atoms with Crippen molar-refractivity contribution in [1.82, 2.24) is 24.1 Å². The number of pyridine rings is 2. The van der Waals surface area contributed by atoms with Gasteiger partial charge in [-0.15, -0.1) is 0 Å². The summed E-state index contributed by atoms with van der Waals surface area (Å²) in [5.74, 6) is 1.09. The van der Waals surface area contributed by atoms with Crippen LogP contribution in [0.5, 0.6) is 5.75 Å². The molecule has 0 atom stereocenters. The average molecular weight is 438 g/mol. The molecule has 0 saturated heterocycles. The second-order valence-corrected chi connectivity index (χ2v) is 7.43. The fraction of sp³-hybridized carbons (Fsp3) is 0.120. The summed E-state index contributed by atoms with van der Waals surface area (Å²) in [6.45, 7) is 2.32. The highest BCUT2D eigenvalue weighted by molar-refractivity contribution is 6.05. The molecule has 4 aromatic heterocycles. The summed E-state index contributed by atoms with van der Waals surface area (Å²) >= 11 is 0. The van der Waals surface area contributed by atoms with Gasteiger partial charge >= 0.3 is 0 Å². The third kappa shape index (κ3) is 4.31. The van der Waals surface area contributed by atoms with Crippen LogP contribution in [0.4, 0.5) is 5.69 Å². The molecule has 0 unspecified atom stereocenters. The van der Waals surface area contributed by atoms with E-state index < -0.39 is 0 Å². The van der Waals surface area contributed by atoms with Crippen molar-refractivity contribution in [2.24, 2.45) is 0 Å². The number of aromatic nitrogens is 5. The molecule has 5 rings (SSSR count). The zero-order valence-electron chi connectivity index (χ0n) is 18.0. The molecule has 1 N–H and O–H groups in total. The van der Waals surface area contributed by atoms with E-state index in [9.17, 15) is 4.79 Å². The molecular formula is C25H22N6O2. The van der Waals surface area contributed by atoms with Crippen LogP contribution in [0.3, 0.4) is 0 Å². The lowest BCUT2D eigenvalue weighted by Crippen LogP contribution is -2.14. The number of hydrogen-bond donors (Lipinski definition) is 1. The van der Waals surface area contributed by atoms with E-state index in [-0.39, 0.29) is 5.91 Å². The van der Waals surface area contributed by atoms with Crippen molar-refractivity contribution in [2.75, 3.05) is 5.32 Å². The fourth-order valence-corrected chi connectivity index (χ4v) is 3.66. The predicted molar refractivity (Wildman–Crippen MR) is 125 cm³/mol. The van der Waals surface area contributed by atoms with Gasteiger partial charge in [0.1, 0.15) is 18.0 Å². The second-order valence-electron chi connectivity index (χ2n) is 7.43. The molecule has 1 amide bonds. The number of benzene rings is 1. The summed E-state index contributed by atoms with van der Waals surface area (Å²) in [5, 5.41) is 7.32. The topological polar surface area (TPSA) is 86.3 Å². The third-order valence-electron chi connectivity index (χ3n) is 5.21. The van der Waals surface area contributed by atoms with E-state index in [1.165, 1.54) is 0 Å². The summed E-state index contributed by atoms with van der Waals surface area (Å²) in [7, 11) is 0. The normalized spacial score (nSPS) is 10.9. The van der Waals surface area contributed by atoms with Crippen LogP contribution in [0.1, 0.15) is 28.7 Å². The molecule has 0 aliphatic rings. The van der Waals surface area contributed by atoms with Gasteiger partial charge in [-0.1, -0.05) is 25.1 Å². The number of carbonyl (C=O) groups is 1. The maximum atomic E-state index is 13.0. The molecule has 0 spiro atoms. The standard InChI is InChI=1S/C25H22N6O2/c1-2-22-21(15-27-31(22)23-10-3-5-12-26-23)25(32)29-18-8-7-9-20(14-18)33-17-19-16-30-13-6-4-11-24(30)28-19/h3-16H,2,17H2,1H3,(H,29,32). The van der Waals surface area contributed by atoms with E-state index >= 15 is 0 Å². The lowest BCUT2D eigenvalue weighted by atomic mass is 10.2. The summed E-state index contributed by atoms with van der Waals surface area (Å²) in [6, 6.07) is 18.7. The monoisotopic (exact) mass is 438 g/mol. The summed E-state index contributed by atoms with van der Waals surface area (Å²) < 4.78 is 9.55. The Labute approximate surface area is 190 Å². The quantitative estimate of drug-likeness (QED) is 0.409. The molecule has 0 aliphatic heterocycles. The molecule has 0 fully saturated rings. The largest absolute Gasteiger partial charge is 0.487 e. The smallest absolute Gasteiger partial charge is 0.259 e. The van der Waals surface area contributed by atoms with Crippen molar-refractivity contribution >= 4 is 17.2 Å². The van der Waals surface area contributed by atoms with Gasteiger partial charge in [-0.2, -0.15) is 5.10 Å². The Morgan fingerprint density at radius 2 is 2.00 bits per heavy atom. The van der Waals surface area contributed by atoms with E-state index in [1.807, 2.05) is 78.3 Å². The molecule has 164 valence electrons. The van der Waals surface area contributed by atoms with Gasteiger partial charge in [0.25, 0.3) is 5.91 Å². The molecule has 5 aromatic rings. The zero-order chi connectivity index (χ0) is 22.6. The van der Waals surface area contributed by atoms with Gasteiger partial charge in [-0.25, -0.2) is 14.6 Å². The molecule has 0 radical (unpaired) electrons. The minimum atomic E-state index is -0.230. The van der Waals surface area contributed by atoms with Gasteiger partial charge in [0, 0.05) is 30.3 Å². The highest BCUT2D eigenvalue weighted by atomic mass is 16.5. The minimum Gasteiger partial charge on any atom is -0.487 e. The summed E-state index contributed by atoms with van der Waals surface area (Å²) in [6.07, 6.45) is 7.80. The zero-order valence-corrected chi connectivity index (χ0v) is 18.0. The van der Waals surface area contributed by atoms with E-state index in [0.717, 1.165) is 17.0 Å². The Hall–Kier alpha value is -4.46. The molecule has 0 aliphatic carbocycles. The molecule has 33 heavy (non-hydrogen) atoms. The Morgan fingerprint density at radius 1 is 1.09 bits per heavy atom. The number of ether oxygens (including phenoxy) is 1. The van der Waals surface area contributed by atoms with Crippen LogP contribution in [0.15, 0.2) is 85.5 Å². The Bertz CT molecular complexity index is 1370. The second kappa shape index (κ2) is 8.96. The van der Waals surface area contributed by atoms with Crippen LogP contribution in [0, 0.1) is 0 Å². The molecule has 0 bridgehead atoms. The van der Waals surface area contributed by atoms with Crippen LogP contribution in [0.25, 0.3) is 11.5 Å². The number of nitrogens with zero attached hydrogens (tertiary/aromatic N) is 5. The lowest BCUT2D eigenvalue weighted by molar-refractivity contribution is 0.102. The van der Waals surface area contributed by atoms with Gasteiger partial charge in [-0.05, 0) is 42.8 Å². The number of amides is 1. The average Bonchev–Trinajstić information content (AvgIpc) is 3.47. The van der Waals surface area contributed by atoms with Crippen molar-refractivity contribution in [1.29, 1.82) is 0 Å². The molecule has 1 aromatic carbocycles. The lowest BCUT2D eigenvalue weighted by Gasteiger charge is -2.09. The van der Waals surface area contributed by atoms with E-state index in [4.69, 9.17) is 4.74 Å². The van der Waals surface area contributed by atoms with Crippen molar-refractivity contribution in [2.45, 2.75) is 20.0 Å². The highest BCUT2D eigenvalue weighted by Crippen LogP contribution is 2.21. The molecular weight excluding hydrogens is 416 g/mol. The van der Waals surface area contributed by atoms with Gasteiger partial charge in [0.2, 0.25) is 0 Å². The molecule has 8 heteroatoms. The van der Waals surface area contributed by atoms with Crippen molar-refractivity contribution in [3.63, 3.8) is 0 Å². The molecule has 8 nitrogen and oxygen atoms in total. The maximum Gasteiger partial charge on any atom is 0.259 e. The number of anilines is 1. The van der Waals surface area contributed by atoms with Crippen LogP contribution < -0.4 is 10.1 Å². The van der Waals surface area contributed by atoms with Crippen molar-refractivity contribution < 1.29 is 9.53 Å². The first kappa shape index (κ1) is 20.4. The van der Waals surface area contributed by atoms with E-state index in [1.54, 1.807) is 23.1 Å². The molecule has 0 saturated carbocycles. The highest BCUT2D eigenvalue weighted by Gasteiger charge is 2.18. The first-order valence-electron chi connectivity index (χ1n) is 10.7.